The molecular weight excluding hydrogens is 472 g/mol. The summed E-state index contributed by atoms with van der Waals surface area (Å²) in [6, 6.07) is 21.0. The number of methoxy groups -OCH3 is 1. The number of hydrogen-bond acceptors (Lipinski definition) is 5. The number of anilines is 1. The van der Waals surface area contributed by atoms with E-state index in [9.17, 15) is 13.9 Å². The van der Waals surface area contributed by atoms with Crippen LogP contribution in [0.5, 0.6) is 5.75 Å². The second-order valence-corrected chi connectivity index (χ2v) is 9.71. The van der Waals surface area contributed by atoms with E-state index in [4.69, 9.17) is 4.74 Å². The Bertz CT molecular complexity index is 1040. The van der Waals surface area contributed by atoms with Gasteiger partial charge >= 0.3 is 0 Å². The lowest BCUT2D eigenvalue weighted by molar-refractivity contribution is 0.0776. The van der Waals surface area contributed by atoms with Crippen molar-refractivity contribution in [1.82, 2.24) is 9.80 Å². The Labute approximate surface area is 218 Å². The van der Waals surface area contributed by atoms with Gasteiger partial charge in [0.05, 0.1) is 13.2 Å². The van der Waals surface area contributed by atoms with Gasteiger partial charge in [-0.15, -0.1) is 0 Å². The molecule has 1 saturated heterocycles. The number of aliphatic hydroxyl groups excluding tert-OH is 1. The van der Waals surface area contributed by atoms with E-state index in [1.54, 1.807) is 7.11 Å². The van der Waals surface area contributed by atoms with Crippen LogP contribution in [0, 0.1) is 11.6 Å². The lowest BCUT2D eigenvalue weighted by Gasteiger charge is -2.36. The number of nitrogens with zero attached hydrogens (tertiary/aromatic N) is 2. The highest BCUT2D eigenvalue weighted by Gasteiger charge is 2.20. The minimum Gasteiger partial charge on any atom is -0.497 e. The summed E-state index contributed by atoms with van der Waals surface area (Å²) in [6.45, 7) is 5.89. The Kier molecular flexibility index (Phi) is 9.88. The molecule has 0 bridgehead atoms. The van der Waals surface area contributed by atoms with Crippen LogP contribution in [0.15, 0.2) is 72.8 Å². The van der Waals surface area contributed by atoms with Crippen molar-refractivity contribution in [1.29, 1.82) is 0 Å². The summed E-state index contributed by atoms with van der Waals surface area (Å²) in [7, 11) is 1.64. The van der Waals surface area contributed by atoms with Gasteiger partial charge in [0.2, 0.25) is 0 Å². The lowest BCUT2D eigenvalue weighted by Crippen LogP contribution is -2.49. The second kappa shape index (κ2) is 13.5. The smallest absolute Gasteiger partial charge is 0.123 e. The van der Waals surface area contributed by atoms with Crippen LogP contribution in [0.4, 0.5) is 14.5 Å². The molecular formula is C30H37F2N3O2. The molecule has 7 heteroatoms. The van der Waals surface area contributed by atoms with Gasteiger partial charge in [0.25, 0.3) is 0 Å². The fourth-order valence-corrected chi connectivity index (χ4v) is 4.96. The van der Waals surface area contributed by atoms with E-state index in [1.165, 1.54) is 24.3 Å². The van der Waals surface area contributed by atoms with Crippen LogP contribution in [0.25, 0.3) is 0 Å². The molecule has 3 aromatic rings. The summed E-state index contributed by atoms with van der Waals surface area (Å²) in [5.41, 5.74) is 3.03. The van der Waals surface area contributed by atoms with E-state index < -0.39 is 6.10 Å². The normalized spacial score (nSPS) is 15.6. The number of aliphatic hydroxyl groups is 1. The maximum absolute atomic E-state index is 13.5. The first-order valence-electron chi connectivity index (χ1n) is 13.0. The minimum atomic E-state index is -0.454. The first kappa shape index (κ1) is 27.0. The fraction of sp³-hybridized carbons (Fsp3) is 0.400. The van der Waals surface area contributed by atoms with Crippen LogP contribution in [-0.2, 0) is 0 Å². The molecule has 5 nitrogen and oxygen atoms in total. The number of β-amino-alcohol motifs (C(OH)–C–C–N with tert-alkyl or cyclic N) is 1. The van der Waals surface area contributed by atoms with Gasteiger partial charge in [0.1, 0.15) is 17.4 Å². The molecule has 1 aliphatic heterocycles. The number of benzene rings is 3. The molecule has 1 aliphatic rings. The lowest BCUT2D eigenvalue weighted by atomic mass is 9.87. The number of ether oxygens (including phenoxy) is 1. The fourth-order valence-electron chi connectivity index (χ4n) is 4.96. The Morgan fingerprint density at radius 3 is 2.05 bits per heavy atom. The molecule has 198 valence electrons. The van der Waals surface area contributed by atoms with E-state index in [1.807, 2.05) is 48.5 Å². The molecule has 0 amide bonds. The van der Waals surface area contributed by atoms with Crippen molar-refractivity contribution in [2.45, 2.75) is 24.9 Å². The molecule has 0 radical (unpaired) electrons. The number of hydrogen-bond donors (Lipinski definition) is 2. The average Bonchev–Trinajstić information content (AvgIpc) is 2.92. The SMILES string of the molecule is COc1cccc(NCC(O)CN2CCN(CCCC(c3ccc(F)cc3)c3ccc(F)cc3)CC2)c1. The van der Waals surface area contributed by atoms with Crippen LogP contribution >= 0.6 is 0 Å². The molecule has 4 rings (SSSR count). The molecule has 0 spiro atoms. The van der Waals surface area contributed by atoms with E-state index >= 15 is 0 Å². The molecule has 0 aromatic heterocycles. The van der Waals surface area contributed by atoms with Gasteiger partial charge in [-0.05, 0) is 66.9 Å². The van der Waals surface area contributed by atoms with E-state index in [-0.39, 0.29) is 17.6 Å². The Morgan fingerprint density at radius 1 is 0.865 bits per heavy atom. The second-order valence-electron chi connectivity index (χ2n) is 9.71. The third-order valence-electron chi connectivity index (χ3n) is 7.06. The third-order valence-corrected chi connectivity index (χ3v) is 7.06. The Hall–Kier alpha value is -3.00. The zero-order valence-corrected chi connectivity index (χ0v) is 21.5. The van der Waals surface area contributed by atoms with E-state index in [2.05, 4.69) is 15.1 Å². The molecule has 3 aromatic carbocycles. The summed E-state index contributed by atoms with van der Waals surface area (Å²) in [5, 5.41) is 13.8. The summed E-state index contributed by atoms with van der Waals surface area (Å²) < 4.78 is 32.2. The first-order valence-corrected chi connectivity index (χ1v) is 13.0. The first-order chi connectivity index (χ1) is 18.0. The van der Waals surface area contributed by atoms with Crippen LogP contribution in [0.2, 0.25) is 0 Å². The molecule has 1 unspecified atom stereocenters. The van der Waals surface area contributed by atoms with Crippen molar-refractivity contribution in [2.75, 3.05) is 58.2 Å². The highest BCUT2D eigenvalue weighted by Crippen LogP contribution is 2.30. The largest absolute Gasteiger partial charge is 0.497 e. The predicted octanol–water partition coefficient (Wildman–Crippen LogP) is 4.98. The Morgan fingerprint density at radius 2 is 1.46 bits per heavy atom. The summed E-state index contributed by atoms with van der Waals surface area (Å²) in [6.07, 6.45) is 1.45. The van der Waals surface area contributed by atoms with Crippen LogP contribution in [0.1, 0.15) is 29.9 Å². The molecule has 1 atom stereocenters. The maximum Gasteiger partial charge on any atom is 0.123 e. The summed E-state index contributed by atoms with van der Waals surface area (Å²) in [4.78, 5) is 4.78. The van der Waals surface area contributed by atoms with Gasteiger partial charge in [-0.25, -0.2) is 8.78 Å². The molecule has 1 heterocycles. The summed E-state index contributed by atoms with van der Waals surface area (Å²) in [5.74, 6) is 0.397. The van der Waals surface area contributed by atoms with Crippen LogP contribution in [-0.4, -0.2) is 73.9 Å². The number of rotatable bonds is 12. The van der Waals surface area contributed by atoms with Crippen molar-refractivity contribution in [3.05, 3.63) is 95.6 Å². The van der Waals surface area contributed by atoms with Gasteiger partial charge in [-0.3, -0.25) is 4.90 Å². The van der Waals surface area contributed by atoms with Crippen molar-refractivity contribution in [3.63, 3.8) is 0 Å². The molecule has 2 N–H and O–H groups in total. The number of piperazine rings is 1. The minimum absolute atomic E-state index is 0.106. The number of halogens is 2. The van der Waals surface area contributed by atoms with Gasteiger partial charge in [-0.2, -0.15) is 0 Å². The topological polar surface area (TPSA) is 48.0 Å². The van der Waals surface area contributed by atoms with Crippen molar-refractivity contribution >= 4 is 5.69 Å². The molecule has 37 heavy (non-hydrogen) atoms. The van der Waals surface area contributed by atoms with Gasteiger partial charge in [0, 0.05) is 56.9 Å². The van der Waals surface area contributed by atoms with Crippen LogP contribution in [0.3, 0.4) is 0 Å². The molecule has 0 aliphatic carbocycles. The Balaban J connectivity index is 1.20. The quantitative estimate of drug-likeness (QED) is 0.361. The average molecular weight is 510 g/mol. The molecule has 1 fully saturated rings. The van der Waals surface area contributed by atoms with Crippen LogP contribution < -0.4 is 10.1 Å². The molecule has 0 saturated carbocycles. The maximum atomic E-state index is 13.5. The van der Waals surface area contributed by atoms with Crippen molar-refractivity contribution < 1.29 is 18.6 Å². The van der Waals surface area contributed by atoms with Gasteiger partial charge < -0.3 is 20.1 Å². The highest BCUT2D eigenvalue weighted by molar-refractivity contribution is 5.48. The summed E-state index contributed by atoms with van der Waals surface area (Å²) >= 11 is 0. The van der Waals surface area contributed by atoms with Crippen molar-refractivity contribution in [2.24, 2.45) is 0 Å². The van der Waals surface area contributed by atoms with Gasteiger partial charge in [-0.1, -0.05) is 30.3 Å². The monoisotopic (exact) mass is 509 g/mol. The standard InChI is InChI=1S/C30H37F2N3O2/c1-37-29-5-2-4-27(20-29)33-21-28(36)22-35-18-16-34(17-19-35)15-3-6-30(23-7-11-25(31)12-8-23)24-9-13-26(32)14-10-24/h2,4-5,7-14,20,28,30,33,36H,3,6,15-19,21-22H2,1H3. The predicted molar refractivity (Wildman–Crippen MR) is 144 cm³/mol. The van der Waals surface area contributed by atoms with Crippen molar-refractivity contribution in [3.8, 4) is 5.75 Å². The van der Waals surface area contributed by atoms with E-state index in [0.29, 0.717) is 13.1 Å². The van der Waals surface area contributed by atoms with E-state index in [0.717, 1.165) is 68.1 Å². The highest BCUT2D eigenvalue weighted by atomic mass is 19.1. The van der Waals surface area contributed by atoms with Gasteiger partial charge in [0.15, 0.2) is 0 Å². The zero-order valence-electron chi connectivity index (χ0n) is 21.5. The zero-order chi connectivity index (χ0) is 26.0. The number of nitrogens with one attached hydrogen (secondary N) is 1. The third kappa shape index (κ3) is 8.25.